The average molecular weight is 454 g/mol. The zero-order valence-corrected chi connectivity index (χ0v) is 18.4. The van der Waals surface area contributed by atoms with Crippen molar-refractivity contribution in [2.45, 2.75) is 50.1 Å². The number of aromatic nitrogens is 2. The molecule has 1 amide bonds. The van der Waals surface area contributed by atoms with Crippen LogP contribution >= 0.6 is 0 Å². The van der Waals surface area contributed by atoms with Crippen molar-refractivity contribution in [1.82, 2.24) is 15.3 Å². The van der Waals surface area contributed by atoms with Gasteiger partial charge in [-0.1, -0.05) is 18.9 Å². The van der Waals surface area contributed by atoms with Gasteiger partial charge in [-0.25, -0.2) is 14.4 Å². The number of nitrogens with one attached hydrogen (secondary N) is 2. The van der Waals surface area contributed by atoms with Crippen molar-refractivity contribution in [3.05, 3.63) is 48.3 Å². The molecule has 2 aliphatic rings. The third kappa shape index (κ3) is 5.35. The van der Waals surface area contributed by atoms with Crippen molar-refractivity contribution in [1.29, 1.82) is 0 Å². The van der Waals surface area contributed by atoms with Crippen LogP contribution in [0.1, 0.15) is 25.7 Å². The Labute approximate surface area is 191 Å². The molecule has 0 radical (unpaired) electrons. The normalized spacial score (nSPS) is 25.1. The smallest absolute Gasteiger partial charge is 0.252 e. The van der Waals surface area contributed by atoms with E-state index in [0.29, 0.717) is 17.3 Å². The van der Waals surface area contributed by atoms with Crippen LogP contribution in [0.4, 0.5) is 10.1 Å². The van der Waals surface area contributed by atoms with Gasteiger partial charge in [0.2, 0.25) is 5.88 Å². The van der Waals surface area contributed by atoms with Crippen molar-refractivity contribution >= 4 is 17.4 Å². The molecule has 6 N–H and O–H groups in total. The summed E-state index contributed by atoms with van der Waals surface area (Å²) in [5.74, 6) is -0.114. The van der Waals surface area contributed by atoms with E-state index in [-0.39, 0.29) is 23.5 Å². The van der Waals surface area contributed by atoms with Gasteiger partial charge in [0.1, 0.15) is 12.0 Å². The van der Waals surface area contributed by atoms with Crippen LogP contribution in [0.3, 0.4) is 0 Å². The Morgan fingerprint density at radius 2 is 2.06 bits per heavy atom. The van der Waals surface area contributed by atoms with Crippen LogP contribution in [0.25, 0.3) is 11.3 Å². The average Bonchev–Trinajstić information content (AvgIpc) is 2.82. The number of alkyl halides is 1. The number of ether oxygens (including phenoxy) is 1. The van der Waals surface area contributed by atoms with Gasteiger partial charge in [-0.3, -0.25) is 15.1 Å². The van der Waals surface area contributed by atoms with Crippen LogP contribution < -0.4 is 26.8 Å². The lowest BCUT2D eigenvalue weighted by Crippen LogP contribution is -2.54. The summed E-state index contributed by atoms with van der Waals surface area (Å²) in [4.78, 5) is 25.1. The number of nitrogens with zero attached hydrogens (tertiary/aromatic N) is 3. The highest BCUT2D eigenvalue weighted by Gasteiger charge is 2.32. The number of methoxy groups -OCH3 is 1. The number of carbonyl (C=O) groups is 1. The van der Waals surface area contributed by atoms with Crippen molar-refractivity contribution in [2.75, 3.05) is 12.4 Å². The number of primary amides is 1. The minimum absolute atomic E-state index is 0.0154. The fourth-order valence-corrected chi connectivity index (χ4v) is 4.10. The molecule has 3 heterocycles. The monoisotopic (exact) mass is 453 g/mol. The van der Waals surface area contributed by atoms with Crippen LogP contribution in [0.15, 0.2) is 53.3 Å². The lowest BCUT2D eigenvalue weighted by Gasteiger charge is -2.34. The number of carbonyl (C=O) groups excluding carboxylic acids is 1. The molecular weight excluding hydrogens is 425 g/mol. The third-order valence-corrected chi connectivity index (χ3v) is 5.85. The molecular formula is C23H28FN7O2. The molecule has 4 atom stereocenters. The summed E-state index contributed by atoms with van der Waals surface area (Å²) in [6.07, 6.45) is 5.89. The molecule has 0 saturated heterocycles. The standard InChI is InChI=1S/C23H28FN7O2/c1-33-20-8-4-7-18(29-20)13-9-14(12-27-11-13)28-22-15(21(26)32)10-16(24)23(31-22)30-19-6-3-2-5-17(19)25/h4,7-12,16-17,19,23,30H,2-3,5-6,25H2,1H3,(H2,26,32)(H,28,31). The fraction of sp³-hybridized carbons (Fsp3) is 0.391. The summed E-state index contributed by atoms with van der Waals surface area (Å²) in [6.45, 7) is 0. The van der Waals surface area contributed by atoms with Crippen molar-refractivity contribution < 1.29 is 13.9 Å². The number of anilines is 1. The largest absolute Gasteiger partial charge is 0.481 e. The second-order valence-electron chi connectivity index (χ2n) is 8.19. The van der Waals surface area contributed by atoms with Gasteiger partial charge >= 0.3 is 0 Å². The zero-order chi connectivity index (χ0) is 23.4. The van der Waals surface area contributed by atoms with Gasteiger partial charge in [0.15, 0.2) is 6.17 Å². The number of halogens is 1. The maximum absolute atomic E-state index is 14.9. The fourth-order valence-electron chi connectivity index (χ4n) is 4.10. The summed E-state index contributed by atoms with van der Waals surface area (Å²) in [7, 11) is 1.55. The lowest BCUT2D eigenvalue weighted by atomic mass is 9.90. The maximum Gasteiger partial charge on any atom is 0.252 e. The SMILES string of the molecule is COc1cccc(-c2cncc(NC3=NC(NC4CCCCC4N)C(F)C=C3C(N)=O)c2)n1. The van der Waals surface area contributed by atoms with E-state index in [1.54, 1.807) is 31.6 Å². The number of hydrogen-bond donors (Lipinski definition) is 4. The van der Waals surface area contributed by atoms with Crippen LogP contribution in [-0.4, -0.2) is 53.2 Å². The van der Waals surface area contributed by atoms with E-state index in [1.165, 1.54) is 6.08 Å². The van der Waals surface area contributed by atoms with E-state index in [1.807, 2.05) is 12.1 Å². The number of pyridine rings is 2. The van der Waals surface area contributed by atoms with Gasteiger partial charge in [0, 0.05) is 29.9 Å². The molecule has 0 bridgehead atoms. The Kier molecular flexibility index (Phi) is 6.95. The van der Waals surface area contributed by atoms with Crippen molar-refractivity contribution in [3.63, 3.8) is 0 Å². The molecule has 1 fully saturated rings. The Balaban J connectivity index is 1.58. The van der Waals surface area contributed by atoms with Crippen LogP contribution in [0.2, 0.25) is 0 Å². The predicted octanol–water partition coefficient (Wildman–Crippen LogP) is 1.91. The van der Waals surface area contributed by atoms with Crippen LogP contribution in [0, 0.1) is 0 Å². The summed E-state index contributed by atoms with van der Waals surface area (Å²) < 4.78 is 20.0. The minimum atomic E-state index is -1.50. The van der Waals surface area contributed by atoms with Crippen LogP contribution in [-0.2, 0) is 4.79 Å². The molecule has 1 aliphatic carbocycles. The van der Waals surface area contributed by atoms with E-state index < -0.39 is 18.2 Å². The summed E-state index contributed by atoms with van der Waals surface area (Å²) in [5, 5.41) is 6.29. The first kappa shape index (κ1) is 22.8. The number of amides is 1. The summed E-state index contributed by atoms with van der Waals surface area (Å²) >= 11 is 0. The van der Waals surface area contributed by atoms with Gasteiger partial charge in [0.05, 0.1) is 30.3 Å². The molecule has 10 heteroatoms. The molecule has 4 rings (SSSR count). The van der Waals surface area contributed by atoms with E-state index in [4.69, 9.17) is 16.2 Å². The number of rotatable bonds is 6. The zero-order valence-electron chi connectivity index (χ0n) is 18.4. The molecule has 9 nitrogen and oxygen atoms in total. The van der Waals surface area contributed by atoms with Gasteiger partial charge in [-0.05, 0) is 31.1 Å². The molecule has 2 aromatic heterocycles. The molecule has 0 aromatic carbocycles. The Bertz CT molecular complexity index is 1070. The molecule has 174 valence electrons. The van der Waals surface area contributed by atoms with Gasteiger partial charge < -0.3 is 21.5 Å². The Morgan fingerprint density at radius 3 is 2.82 bits per heavy atom. The first-order chi connectivity index (χ1) is 15.9. The molecule has 0 spiro atoms. The summed E-state index contributed by atoms with van der Waals surface area (Å²) in [5.41, 5.74) is 13.6. The van der Waals surface area contributed by atoms with Gasteiger partial charge in [-0.15, -0.1) is 0 Å². The summed E-state index contributed by atoms with van der Waals surface area (Å²) in [6, 6.07) is 7.11. The number of amidine groups is 1. The molecule has 4 unspecified atom stereocenters. The second-order valence-corrected chi connectivity index (χ2v) is 8.19. The quantitative estimate of drug-likeness (QED) is 0.524. The number of nitrogens with two attached hydrogens (primary N) is 2. The van der Waals surface area contributed by atoms with Crippen LogP contribution in [0.5, 0.6) is 5.88 Å². The molecule has 1 saturated carbocycles. The topological polar surface area (TPSA) is 141 Å². The predicted molar refractivity (Wildman–Crippen MR) is 124 cm³/mol. The minimum Gasteiger partial charge on any atom is -0.481 e. The Hall–Kier alpha value is -3.37. The van der Waals surface area contributed by atoms with Crippen molar-refractivity contribution in [3.8, 4) is 17.1 Å². The highest BCUT2D eigenvalue weighted by molar-refractivity contribution is 6.25. The third-order valence-electron chi connectivity index (χ3n) is 5.85. The molecule has 33 heavy (non-hydrogen) atoms. The number of aliphatic imine (C=N–C) groups is 1. The van der Waals surface area contributed by atoms with E-state index >= 15 is 0 Å². The van der Waals surface area contributed by atoms with Crippen molar-refractivity contribution in [2.24, 2.45) is 16.5 Å². The first-order valence-electron chi connectivity index (χ1n) is 10.9. The maximum atomic E-state index is 14.9. The van der Waals surface area contributed by atoms with E-state index in [0.717, 1.165) is 31.2 Å². The van der Waals surface area contributed by atoms with Gasteiger partial charge in [-0.2, -0.15) is 0 Å². The van der Waals surface area contributed by atoms with E-state index in [9.17, 15) is 9.18 Å². The Morgan fingerprint density at radius 1 is 1.24 bits per heavy atom. The highest BCUT2D eigenvalue weighted by atomic mass is 19.1. The second kappa shape index (κ2) is 10.1. The number of hydrogen-bond acceptors (Lipinski definition) is 8. The van der Waals surface area contributed by atoms with Gasteiger partial charge in [0.25, 0.3) is 5.91 Å². The first-order valence-corrected chi connectivity index (χ1v) is 10.9. The molecule has 1 aliphatic heterocycles. The highest BCUT2D eigenvalue weighted by Crippen LogP contribution is 2.24. The van der Waals surface area contributed by atoms with E-state index in [2.05, 4.69) is 25.6 Å². The number of dihydropyridines is 1. The molecule has 2 aromatic rings. The lowest BCUT2D eigenvalue weighted by molar-refractivity contribution is -0.114.